The van der Waals surface area contributed by atoms with Crippen molar-refractivity contribution in [2.45, 2.75) is 13.0 Å². The quantitative estimate of drug-likeness (QED) is 0.533. The summed E-state index contributed by atoms with van der Waals surface area (Å²) in [6, 6.07) is 0. The first kappa shape index (κ1) is 12.9. The fraction of sp³-hybridized carbons (Fsp3) is 0.750. The molecule has 0 bridgehead atoms. The van der Waals surface area contributed by atoms with E-state index in [1.165, 1.54) is 14.0 Å². The van der Waals surface area contributed by atoms with Gasteiger partial charge in [-0.25, -0.2) is 4.79 Å². The molecule has 6 nitrogen and oxygen atoms in total. The summed E-state index contributed by atoms with van der Waals surface area (Å²) < 4.78 is 9.46. The second-order valence-corrected chi connectivity index (χ2v) is 2.63. The van der Waals surface area contributed by atoms with Gasteiger partial charge in [-0.15, -0.1) is 0 Å². The number of carboxylic acids is 1. The highest BCUT2D eigenvalue weighted by Gasteiger charge is 2.13. The average molecular weight is 205 g/mol. The van der Waals surface area contributed by atoms with Gasteiger partial charge in [-0.05, 0) is 6.92 Å². The van der Waals surface area contributed by atoms with E-state index < -0.39 is 18.7 Å². The van der Waals surface area contributed by atoms with E-state index >= 15 is 0 Å². The normalized spacial score (nSPS) is 12.1. The van der Waals surface area contributed by atoms with Crippen LogP contribution in [-0.4, -0.2) is 50.0 Å². The minimum atomic E-state index is -1.10. The van der Waals surface area contributed by atoms with Crippen molar-refractivity contribution in [3.8, 4) is 0 Å². The lowest BCUT2D eigenvalue weighted by Crippen LogP contribution is -2.37. The summed E-state index contributed by atoms with van der Waals surface area (Å²) in [4.78, 5) is 21.3. The number of carboxylic acid groups (broad SMARTS) is 1. The summed E-state index contributed by atoms with van der Waals surface area (Å²) in [5.74, 6) is -1.44. The van der Waals surface area contributed by atoms with Gasteiger partial charge in [0.25, 0.3) is 0 Å². The maximum absolute atomic E-state index is 11.1. The third-order valence-electron chi connectivity index (χ3n) is 1.43. The molecule has 0 aliphatic carbocycles. The summed E-state index contributed by atoms with van der Waals surface area (Å²) in [5.41, 5.74) is 0. The van der Waals surface area contributed by atoms with Gasteiger partial charge in [0.15, 0.2) is 0 Å². The van der Waals surface area contributed by atoms with Crippen molar-refractivity contribution in [1.29, 1.82) is 0 Å². The van der Waals surface area contributed by atoms with Gasteiger partial charge in [0.2, 0.25) is 5.91 Å². The number of hydrogen-bond donors (Lipinski definition) is 2. The number of amides is 1. The van der Waals surface area contributed by atoms with Gasteiger partial charge >= 0.3 is 5.97 Å². The summed E-state index contributed by atoms with van der Waals surface area (Å²) in [7, 11) is 1.52. The van der Waals surface area contributed by atoms with E-state index in [4.69, 9.17) is 14.6 Å². The summed E-state index contributed by atoms with van der Waals surface area (Å²) >= 11 is 0. The van der Waals surface area contributed by atoms with E-state index in [-0.39, 0.29) is 5.91 Å². The van der Waals surface area contributed by atoms with Gasteiger partial charge in [0.1, 0.15) is 12.7 Å². The number of rotatable bonds is 7. The number of aliphatic carboxylic acids is 1. The highest BCUT2D eigenvalue weighted by atomic mass is 16.5. The molecule has 0 fully saturated rings. The van der Waals surface area contributed by atoms with E-state index in [1.54, 1.807) is 0 Å². The zero-order valence-electron chi connectivity index (χ0n) is 8.28. The molecule has 1 atom stereocenters. The van der Waals surface area contributed by atoms with E-state index in [1.807, 2.05) is 0 Å². The SMILES string of the molecule is COCCNC(=O)C(C)OCC(=O)O. The van der Waals surface area contributed by atoms with Gasteiger partial charge < -0.3 is 19.9 Å². The molecule has 1 amide bonds. The van der Waals surface area contributed by atoms with Crippen molar-refractivity contribution in [1.82, 2.24) is 5.32 Å². The minimum absolute atomic E-state index is 0.344. The van der Waals surface area contributed by atoms with Gasteiger partial charge in [-0.1, -0.05) is 0 Å². The molecule has 14 heavy (non-hydrogen) atoms. The van der Waals surface area contributed by atoms with E-state index in [2.05, 4.69) is 5.32 Å². The highest BCUT2D eigenvalue weighted by Crippen LogP contribution is 1.90. The van der Waals surface area contributed by atoms with Crippen LogP contribution in [0.25, 0.3) is 0 Å². The molecular weight excluding hydrogens is 190 g/mol. The van der Waals surface area contributed by atoms with Gasteiger partial charge in [-0.3, -0.25) is 4.79 Å². The molecule has 0 aromatic heterocycles. The number of hydrogen-bond acceptors (Lipinski definition) is 4. The largest absolute Gasteiger partial charge is 0.480 e. The van der Waals surface area contributed by atoms with Crippen LogP contribution in [-0.2, 0) is 19.1 Å². The zero-order chi connectivity index (χ0) is 11.0. The molecular formula is C8H15NO5. The van der Waals surface area contributed by atoms with Crippen molar-refractivity contribution in [3.05, 3.63) is 0 Å². The van der Waals surface area contributed by atoms with Crippen LogP contribution in [0.1, 0.15) is 6.92 Å². The molecule has 2 N–H and O–H groups in total. The number of ether oxygens (including phenoxy) is 2. The molecule has 6 heteroatoms. The molecule has 0 aliphatic heterocycles. The fourth-order valence-electron chi connectivity index (χ4n) is 0.692. The predicted octanol–water partition coefficient (Wildman–Crippen LogP) is -0.761. The van der Waals surface area contributed by atoms with Crippen LogP contribution in [0.3, 0.4) is 0 Å². The first-order valence-corrected chi connectivity index (χ1v) is 4.18. The van der Waals surface area contributed by atoms with E-state index in [0.717, 1.165) is 0 Å². The number of carbonyl (C=O) groups excluding carboxylic acids is 1. The van der Waals surface area contributed by atoms with Crippen molar-refractivity contribution in [3.63, 3.8) is 0 Å². The van der Waals surface area contributed by atoms with Crippen molar-refractivity contribution >= 4 is 11.9 Å². The standard InChI is InChI=1S/C8H15NO5/c1-6(14-5-7(10)11)8(12)9-3-4-13-2/h6H,3-5H2,1-2H3,(H,9,12)(H,10,11). The van der Waals surface area contributed by atoms with Crippen molar-refractivity contribution in [2.75, 3.05) is 26.9 Å². The molecule has 0 aromatic carbocycles. The van der Waals surface area contributed by atoms with Crippen molar-refractivity contribution in [2.24, 2.45) is 0 Å². The Hall–Kier alpha value is -1.14. The Morgan fingerprint density at radius 2 is 2.14 bits per heavy atom. The lowest BCUT2D eigenvalue weighted by atomic mass is 10.4. The third-order valence-corrected chi connectivity index (χ3v) is 1.43. The van der Waals surface area contributed by atoms with Gasteiger partial charge in [0, 0.05) is 13.7 Å². The minimum Gasteiger partial charge on any atom is -0.480 e. The molecule has 0 saturated heterocycles. The first-order valence-electron chi connectivity index (χ1n) is 4.18. The number of carbonyl (C=O) groups is 2. The molecule has 0 spiro atoms. The van der Waals surface area contributed by atoms with Crippen LogP contribution in [0.5, 0.6) is 0 Å². The second-order valence-electron chi connectivity index (χ2n) is 2.63. The molecule has 0 radical (unpaired) electrons. The molecule has 0 aromatic rings. The summed E-state index contributed by atoms with van der Waals surface area (Å²) in [6.07, 6.45) is -0.761. The van der Waals surface area contributed by atoms with E-state index in [0.29, 0.717) is 13.2 Å². The lowest BCUT2D eigenvalue weighted by molar-refractivity contribution is -0.147. The van der Waals surface area contributed by atoms with Crippen molar-refractivity contribution < 1.29 is 24.2 Å². The van der Waals surface area contributed by atoms with Crippen LogP contribution in [0, 0.1) is 0 Å². The van der Waals surface area contributed by atoms with E-state index in [9.17, 15) is 9.59 Å². The summed E-state index contributed by atoms with van der Waals surface area (Å²) in [6.45, 7) is 1.82. The van der Waals surface area contributed by atoms with Crippen LogP contribution in [0.15, 0.2) is 0 Å². The molecule has 0 aliphatic rings. The predicted molar refractivity (Wildman–Crippen MR) is 47.9 cm³/mol. The molecule has 0 saturated carbocycles. The number of methoxy groups -OCH3 is 1. The topological polar surface area (TPSA) is 84.9 Å². The Labute approximate surface area is 82.2 Å². The second kappa shape index (κ2) is 7.28. The van der Waals surface area contributed by atoms with Crippen LogP contribution in [0.2, 0.25) is 0 Å². The van der Waals surface area contributed by atoms with Crippen LogP contribution < -0.4 is 5.32 Å². The maximum Gasteiger partial charge on any atom is 0.329 e. The third kappa shape index (κ3) is 6.38. The molecule has 0 heterocycles. The average Bonchev–Trinajstić information content (AvgIpc) is 2.14. The lowest BCUT2D eigenvalue weighted by Gasteiger charge is -2.11. The van der Waals surface area contributed by atoms with Crippen LogP contribution >= 0.6 is 0 Å². The fourth-order valence-corrected chi connectivity index (χ4v) is 0.692. The molecule has 1 unspecified atom stereocenters. The van der Waals surface area contributed by atoms with Gasteiger partial charge in [-0.2, -0.15) is 0 Å². The highest BCUT2D eigenvalue weighted by molar-refractivity contribution is 5.80. The Morgan fingerprint density at radius 3 is 2.64 bits per heavy atom. The number of nitrogens with one attached hydrogen (secondary N) is 1. The first-order chi connectivity index (χ1) is 6.57. The Morgan fingerprint density at radius 1 is 1.50 bits per heavy atom. The zero-order valence-corrected chi connectivity index (χ0v) is 8.28. The molecule has 0 rings (SSSR count). The molecule has 82 valence electrons. The monoisotopic (exact) mass is 205 g/mol. The maximum atomic E-state index is 11.1. The van der Waals surface area contributed by atoms with Crippen LogP contribution in [0.4, 0.5) is 0 Å². The Bertz CT molecular complexity index is 194. The summed E-state index contributed by atoms with van der Waals surface area (Å²) in [5, 5.41) is 10.8. The Balaban J connectivity index is 3.59. The Kier molecular flexibility index (Phi) is 6.69. The van der Waals surface area contributed by atoms with Gasteiger partial charge in [0.05, 0.1) is 6.61 Å². The smallest absolute Gasteiger partial charge is 0.329 e.